The number of nitrogens with zero attached hydrogens (tertiary/aromatic N) is 3. The van der Waals surface area contributed by atoms with Gasteiger partial charge in [0.25, 0.3) is 0 Å². The maximum atomic E-state index is 13.2. The lowest BCUT2D eigenvalue weighted by Crippen LogP contribution is -2.18. The van der Waals surface area contributed by atoms with Crippen molar-refractivity contribution in [2.45, 2.75) is 19.3 Å². The number of halogens is 8. The van der Waals surface area contributed by atoms with Crippen LogP contribution >= 0.6 is 23.2 Å². The van der Waals surface area contributed by atoms with E-state index in [0.717, 1.165) is 0 Å². The number of alkyl halides is 6. The average molecular weight is 478 g/mol. The van der Waals surface area contributed by atoms with Gasteiger partial charge in [0.1, 0.15) is 16.5 Å². The van der Waals surface area contributed by atoms with Gasteiger partial charge in [0.2, 0.25) is 0 Å². The summed E-state index contributed by atoms with van der Waals surface area (Å²) in [6, 6.07) is 0.731. The van der Waals surface area contributed by atoms with E-state index >= 15 is 0 Å². The number of hydrogen-bond donors (Lipinski definition) is 1. The molecule has 0 unspecified atom stereocenters. The summed E-state index contributed by atoms with van der Waals surface area (Å²) in [5, 5.41) is 23.7. The molecule has 7 nitrogen and oxygen atoms in total. The quantitative estimate of drug-likeness (QED) is 0.304. The lowest BCUT2D eigenvalue weighted by molar-refractivity contribution is -0.383. The lowest BCUT2D eigenvalue weighted by atomic mass is 10.1. The summed E-state index contributed by atoms with van der Waals surface area (Å²) in [6.45, 7) is 0.840. The predicted octanol–water partition coefficient (Wildman–Crippen LogP) is 6.40. The highest BCUT2D eigenvalue weighted by molar-refractivity contribution is 6.35. The molecule has 0 amide bonds. The van der Waals surface area contributed by atoms with E-state index in [9.17, 15) is 41.7 Å². The standard InChI is InChI=1S/C15H9Cl2F6N4O3/c1-2-26(28)9-4-7(15(21,22)23)10(17)12(27(29)30)11(9)25-13-8(16)3-6(5-24-13)14(18,19)20/h3-5H,2H2,1H3,(H,24,25)/q-1. The number of aromatic nitrogens is 1. The van der Waals surface area contributed by atoms with Gasteiger partial charge in [-0.15, -0.1) is 0 Å². The van der Waals surface area contributed by atoms with E-state index in [0.29, 0.717) is 12.3 Å². The molecule has 0 saturated heterocycles. The predicted molar refractivity (Wildman–Crippen MR) is 97.0 cm³/mol. The summed E-state index contributed by atoms with van der Waals surface area (Å²) in [6.07, 6.45) is -9.58. The fourth-order valence-electron chi connectivity index (χ4n) is 2.30. The summed E-state index contributed by atoms with van der Waals surface area (Å²) >= 11 is 11.3. The maximum absolute atomic E-state index is 13.2. The van der Waals surface area contributed by atoms with Crippen LogP contribution in [0.4, 0.5) is 49.2 Å². The van der Waals surface area contributed by atoms with Crippen molar-refractivity contribution in [3.63, 3.8) is 0 Å². The van der Waals surface area contributed by atoms with Gasteiger partial charge in [-0.2, -0.15) is 26.3 Å². The van der Waals surface area contributed by atoms with Crippen LogP contribution in [0, 0.1) is 15.3 Å². The molecule has 0 aliphatic rings. The van der Waals surface area contributed by atoms with Crippen molar-refractivity contribution in [1.29, 1.82) is 0 Å². The number of nitrogens with one attached hydrogen (secondary N) is 1. The van der Waals surface area contributed by atoms with Gasteiger partial charge in [-0.05, 0) is 19.1 Å². The van der Waals surface area contributed by atoms with Crippen molar-refractivity contribution in [3.05, 3.63) is 54.8 Å². The highest BCUT2D eigenvalue weighted by Crippen LogP contribution is 2.49. The molecule has 1 heterocycles. The van der Waals surface area contributed by atoms with E-state index in [1.54, 1.807) is 0 Å². The SMILES string of the molecule is CCN([O-])c1cc(C(F)(F)F)c(Cl)c([N+](=O)[O-])c1Nc1ncc(C(F)(F)F)cc1Cl. The Bertz CT molecular complexity index is 984. The molecule has 0 saturated carbocycles. The van der Waals surface area contributed by atoms with E-state index in [-0.39, 0.29) is 11.1 Å². The van der Waals surface area contributed by atoms with E-state index < -0.39 is 67.9 Å². The number of hydrogen-bond acceptors (Lipinski definition) is 6. The minimum absolute atomic E-state index is 0.00110. The van der Waals surface area contributed by atoms with Crippen LogP contribution in [-0.4, -0.2) is 16.5 Å². The molecule has 0 bridgehead atoms. The van der Waals surface area contributed by atoms with Gasteiger partial charge in [0.15, 0.2) is 0 Å². The minimum Gasteiger partial charge on any atom is -0.758 e. The number of anilines is 3. The first kappa shape index (κ1) is 23.8. The molecule has 1 aromatic heterocycles. The molecule has 164 valence electrons. The number of hydroxylamine groups is 1. The van der Waals surface area contributed by atoms with Crippen LogP contribution in [0.5, 0.6) is 0 Å². The summed E-state index contributed by atoms with van der Waals surface area (Å²) in [4.78, 5) is 13.6. The molecule has 0 aliphatic carbocycles. The van der Waals surface area contributed by atoms with Gasteiger partial charge in [-0.3, -0.25) is 10.1 Å². The third-order valence-corrected chi connectivity index (χ3v) is 4.34. The molecular formula is C15H9Cl2F6N4O3-. The summed E-state index contributed by atoms with van der Waals surface area (Å²) in [5.41, 5.74) is -5.86. The Labute approximate surface area is 173 Å². The lowest BCUT2D eigenvalue weighted by Gasteiger charge is -2.32. The van der Waals surface area contributed by atoms with Gasteiger partial charge in [0, 0.05) is 12.7 Å². The second-order valence-corrected chi connectivity index (χ2v) is 6.39. The van der Waals surface area contributed by atoms with Gasteiger partial charge in [-0.1, -0.05) is 23.2 Å². The van der Waals surface area contributed by atoms with Crippen molar-refractivity contribution in [2.24, 2.45) is 0 Å². The van der Waals surface area contributed by atoms with Crippen LogP contribution in [0.25, 0.3) is 0 Å². The fraction of sp³-hybridized carbons (Fsp3) is 0.267. The van der Waals surface area contributed by atoms with Gasteiger partial charge < -0.3 is 15.6 Å². The molecule has 2 rings (SSSR count). The normalized spacial score (nSPS) is 12.1. The zero-order chi connectivity index (χ0) is 23.0. The number of nitro benzene ring substituents is 1. The van der Waals surface area contributed by atoms with Crippen molar-refractivity contribution in [3.8, 4) is 0 Å². The first-order valence-electron chi connectivity index (χ1n) is 7.71. The summed E-state index contributed by atoms with van der Waals surface area (Å²) in [7, 11) is 0. The van der Waals surface area contributed by atoms with Gasteiger partial charge in [-0.25, -0.2) is 4.98 Å². The van der Waals surface area contributed by atoms with Crippen molar-refractivity contribution in [1.82, 2.24) is 4.98 Å². The Morgan fingerprint density at radius 2 is 1.77 bits per heavy atom. The zero-order valence-electron chi connectivity index (χ0n) is 14.5. The van der Waals surface area contributed by atoms with Crippen LogP contribution in [0.3, 0.4) is 0 Å². The van der Waals surface area contributed by atoms with Crippen LogP contribution < -0.4 is 10.4 Å². The van der Waals surface area contributed by atoms with Crippen molar-refractivity contribution >= 4 is 46.1 Å². The summed E-state index contributed by atoms with van der Waals surface area (Å²) in [5.74, 6) is -0.575. The zero-order valence-corrected chi connectivity index (χ0v) is 16.0. The minimum atomic E-state index is -5.13. The molecule has 0 spiro atoms. The van der Waals surface area contributed by atoms with E-state index in [1.807, 2.05) is 0 Å². The van der Waals surface area contributed by atoms with Crippen LogP contribution in [0.2, 0.25) is 10.0 Å². The van der Waals surface area contributed by atoms with Crippen LogP contribution in [-0.2, 0) is 12.4 Å². The van der Waals surface area contributed by atoms with Crippen molar-refractivity contribution in [2.75, 3.05) is 16.9 Å². The molecule has 30 heavy (non-hydrogen) atoms. The number of benzene rings is 1. The molecule has 2 aromatic rings. The van der Waals surface area contributed by atoms with E-state index in [2.05, 4.69) is 10.3 Å². The first-order chi connectivity index (χ1) is 13.7. The Morgan fingerprint density at radius 1 is 1.17 bits per heavy atom. The average Bonchev–Trinajstić information content (AvgIpc) is 2.60. The van der Waals surface area contributed by atoms with E-state index in [1.165, 1.54) is 6.92 Å². The van der Waals surface area contributed by atoms with Gasteiger partial charge >= 0.3 is 18.0 Å². The Morgan fingerprint density at radius 3 is 2.20 bits per heavy atom. The van der Waals surface area contributed by atoms with Crippen LogP contribution in [0.1, 0.15) is 18.1 Å². The molecule has 0 fully saturated rings. The molecule has 15 heteroatoms. The van der Waals surface area contributed by atoms with Gasteiger partial charge in [0.05, 0.1) is 26.8 Å². The Kier molecular flexibility index (Phi) is 6.59. The molecule has 0 aliphatic heterocycles. The molecule has 1 aromatic carbocycles. The molecule has 1 N–H and O–H groups in total. The molecular weight excluding hydrogens is 469 g/mol. The highest BCUT2D eigenvalue weighted by Gasteiger charge is 2.40. The fourth-order valence-corrected chi connectivity index (χ4v) is 2.84. The Hall–Kier alpha value is -2.51. The number of rotatable bonds is 5. The Balaban J connectivity index is 2.75. The number of nitro groups is 1. The van der Waals surface area contributed by atoms with Crippen LogP contribution in [0.15, 0.2) is 18.3 Å². The largest absolute Gasteiger partial charge is 0.758 e. The monoisotopic (exact) mass is 477 g/mol. The third-order valence-electron chi connectivity index (χ3n) is 3.67. The number of pyridine rings is 1. The third kappa shape index (κ3) is 4.79. The second kappa shape index (κ2) is 8.32. The molecule has 0 atom stereocenters. The molecule has 0 radical (unpaired) electrons. The topological polar surface area (TPSA) is 94.4 Å². The summed E-state index contributed by atoms with van der Waals surface area (Å²) < 4.78 is 77.9. The smallest absolute Gasteiger partial charge is 0.418 e. The van der Waals surface area contributed by atoms with E-state index in [4.69, 9.17) is 23.2 Å². The first-order valence-corrected chi connectivity index (χ1v) is 8.46. The highest BCUT2D eigenvalue weighted by atomic mass is 35.5. The maximum Gasteiger partial charge on any atom is 0.418 e. The van der Waals surface area contributed by atoms with Crippen molar-refractivity contribution < 1.29 is 31.3 Å². The second-order valence-electron chi connectivity index (χ2n) is 5.61.